The summed E-state index contributed by atoms with van der Waals surface area (Å²) in [5.41, 5.74) is 1.62. The number of carbonyl (C=O) groups excluding carboxylic acids is 3. The first-order valence-corrected chi connectivity index (χ1v) is 14.0. The Labute approximate surface area is 227 Å². The smallest absolute Gasteiger partial charge is 0.248 e. The fraction of sp³-hybridized carbons (Fsp3) is 0.483. The molecule has 1 spiro atoms. The number of unbranched alkanes of at least 4 members (excludes halogenated alkanes) is 1. The highest BCUT2D eigenvalue weighted by Gasteiger charge is 2.76. The molecule has 8 nitrogen and oxygen atoms in total. The highest BCUT2D eigenvalue weighted by molar-refractivity contribution is 8.02. The molecule has 2 bridgehead atoms. The van der Waals surface area contributed by atoms with Crippen LogP contribution < -0.4 is 15.4 Å². The SMILES string of the molecule is COc1ccc(NC(=O)C2N(CCCCO)C(=O)[C@@H]3[C@H](C(=O)NCc4ccccc4)[C@]4(C)CCC23S4)cc1. The number of hydrogen-bond donors (Lipinski definition) is 3. The van der Waals surface area contributed by atoms with Crippen molar-refractivity contribution in [3.8, 4) is 5.75 Å². The third kappa shape index (κ3) is 4.56. The third-order valence-corrected chi connectivity index (χ3v) is 10.3. The number of hydrogen-bond acceptors (Lipinski definition) is 6. The summed E-state index contributed by atoms with van der Waals surface area (Å²) >= 11 is 1.66. The summed E-state index contributed by atoms with van der Waals surface area (Å²) in [7, 11) is 1.59. The van der Waals surface area contributed by atoms with Gasteiger partial charge in [-0.05, 0) is 62.4 Å². The van der Waals surface area contributed by atoms with Gasteiger partial charge in [0.1, 0.15) is 11.8 Å². The van der Waals surface area contributed by atoms with E-state index in [4.69, 9.17) is 4.74 Å². The molecule has 3 saturated heterocycles. The van der Waals surface area contributed by atoms with E-state index in [1.165, 1.54) is 0 Å². The maximum atomic E-state index is 14.0. The van der Waals surface area contributed by atoms with Crippen LogP contribution in [0.4, 0.5) is 5.69 Å². The Hall–Kier alpha value is -3.04. The van der Waals surface area contributed by atoms with E-state index in [2.05, 4.69) is 17.6 Å². The van der Waals surface area contributed by atoms with Crippen molar-refractivity contribution in [2.75, 3.05) is 25.6 Å². The summed E-state index contributed by atoms with van der Waals surface area (Å²) in [6, 6.07) is 16.1. The second-order valence-corrected chi connectivity index (χ2v) is 12.5. The average Bonchev–Trinajstić information content (AvgIpc) is 3.49. The van der Waals surface area contributed by atoms with Crippen LogP contribution >= 0.6 is 11.8 Å². The number of ether oxygens (including phenoxy) is 1. The zero-order valence-corrected chi connectivity index (χ0v) is 22.6. The molecule has 9 heteroatoms. The molecule has 5 rings (SSSR count). The Bertz CT molecular complexity index is 1190. The first-order chi connectivity index (χ1) is 18.3. The number of anilines is 1. The highest BCUT2D eigenvalue weighted by Crippen LogP contribution is 2.71. The van der Waals surface area contributed by atoms with Gasteiger partial charge >= 0.3 is 0 Å². The van der Waals surface area contributed by atoms with Crippen LogP contribution in [0.3, 0.4) is 0 Å². The quantitative estimate of drug-likeness (QED) is 0.402. The Morgan fingerprint density at radius 2 is 1.82 bits per heavy atom. The zero-order valence-electron chi connectivity index (χ0n) is 21.8. The highest BCUT2D eigenvalue weighted by atomic mass is 32.2. The molecule has 2 aromatic carbocycles. The van der Waals surface area contributed by atoms with Gasteiger partial charge in [-0.1, -0.05) is 30.3 Å². The number of fused-ring (bicyclic) bond motifs is 1. The molecule has 0 aliphatic carbocycles. The molecule has 3 heterocycles. The Morgan fingerprint density at radius 1 is 1.08 bits per heavy atom. The second kappa shape index (κ2) is 10.6. The molecule has 3 N–H and O–H groups in total. The number of aliphatic hydroxyl groups excluding tert-OH is 1. The van der Waals surface area contributed by atoms with Crippen LogP contribution in [0.25, 0.3) is 0 Å². The van der Waals surface area contributed by atoms with E-state index >= 15 is 0 Å². The maximum Gasteiger partial charge on any atom is 0.248 e. The van der Waals surface area contributed by atoms with Gasteiger partial charge in [0, 0.05) is 30.1 Å². The fourth-order valence-corrected chi connectivity index (χ4v) is 8.90. The van der Waals surface area contributed by atoms with Gasteiger partial charge < -0.3 is 25.4 Å². The van der Waals surface area contributed by atoms with Crippen molar-refractivity contribution in [3.05, 3.63) is 60.2 Å². The predicted octanol–water partition coefficient (Wildman–Crippen LogP) is 3.20. The largest absolute Gasteiger partial charge is 0.497 e. The van der Waals surface area contributed by atoms with Gasteiger partial charge in [0.2, 0.25) is 17.7 Å². The van der Waals surface area contributed by atoms with E-state index in [0.717, 1.165) is 12.0 Å². The van der Waals surface area contributed by atoms with Crippen molar-refractivity contribution in [1.82, 2.24) is 10.2 Å². The van der Waals surface area contributed by atoms with Gasteiger partial charge in [0.05, 0.1) is 23.7 Å². The van der Waals surface area contributed by atoms with E-state index in [1.807, 2.05) is 30.3 Å². The molecule has 3 aliphatic rings. The minimum Gasteiger partial charge on any atom is -0.497 e. The second-order valence-electron chi connectivity index (χ2n) is 10.6. The summed E-state index contributed by atoms with van der Waals surface area (Å²) in [6.45, 7) is 2.86. The number of thioether (sulfide) groups is 1. The molecular weight excluding hydrogens is 502 g/mol. The average molecular weight is 538 g/mol. The summed E-state index contributed by atoms with van der Waals surface area (Å²) < 4.78 is 4.13. The van der Waals surface area contributed by atoms with Crippen molar-refractivity contribution in [2.24, 2.45) is 11.8 Å². The van der Waals surface area contributed by atoms with Gasteiger partial charge in [0.25, 0.3) is 0 Å². The number of aliphatic hydroxyl groups is 1. The molecule has 38 heavy (non-hydrogen) atoms. The number of nitrogens with one attached hydrogen (secondary N) is 2. The van der Waals surface area contributed by atoms with Crippen molar-refractivity contribution in [2.45, 2.75) is 54.7 Å². The number of rotatable bonds is 10. The lowest BCUT2D eigenvalue weighted by Crippen LogP contribution is -2.52. The maximum absolute atomic E-state index is 14.0. The van der Waals surface area contributed by atoms with Crippen molar-refractivity contribution in [1.29, 1.82) is 0 Å². The van der Waals surface area contributed by atoms with Crippen molar-refractivity contribution >= 4 is 35.2 Å². The van der Waals surface area contributed by atoms with E-state index < -0.39 is 27.4 Å². The lowest BCUT2D eigenvalue weighted by Gasteiger charge is -2.34. The van der Waals surface area contributed by atoms with Crippen LogP contribution in [-0.2, 0) is 20.9 Å². The van der Waals surface area contributed by atoms with E-state index in [0.29, 0.717) is 43.8 Å². The summed E-state index contributed by atoms with van der Waals surface area (Å²) in [5.74, 6) is -0.897. The van der Waals surface area contributed by atoms with Crippen LogP contribution in [0.15, 0.2) is 54.6 Å². The number of benzene rings is 2. The van der Waals surface area contributed by atoms with Crippen molar-refractivity contribution in [3.63, 3.8) is 0 Å². The van der Waals surface area contributed by atoms with E-state index in [-0.39, 0.29) is 24.3 Å². The molecule has 2 aromatic rings. The molecule has 202 valence electrons. The molecule has 0 aromatic heterocycles. The normalized spacial score (nSPS) is 29.3. The van der Waals surface area contributed by atoms with E-state index in [9.17, 15) is 19.5 Å². The van der Waals surface area contributed by atoms with Crippen molar-refractivity contribution < 1.29 is 24.2 Å². The van der Waals surface area contributed by atoms with Crippen LogP contribution in [0.5, 0.6) is 5.75 Å². The van der Waals surface area contributed by atoms with Crippen LogP contribution in [0, 0.1) is 11.8 Å². The molecule has 0 radical (unpaired) electrons. The summed E-state index contributed by atoms with van der Waals surface area (Å²) in [6.07, 6.45) is 2.59. The van der Waals surface area contributed by atoms with Crippen LogP contribution in [0.2, 0.25) is 0 Å². The van der Waals surface area contributed by atoms with Gasteiger partial charge in [-0.3, -0.25) is 14.4 Å². The predicted molar refractivity (Wildman–Crippen MR) is 147 cm³/mol. The van der Waals surface area contributed by atoms with Gasteiger partial charge in [-0.25, -0.2) is 0 Å². The number of carbonyl (C=O) groups is 3. The van der Waals surface area contributed by atoms with Crippen LogP contribution in [0.1, 0.15) is 38.2 Å². The van der Waals surface area contributed by atoms with Gasteiger partial charge in [-0.15, -0.1) is 11.8 Å². The Kier molecular flexibility index (Phi) is 7.42. The molecule has 3 aliphatic heterocycles. The number of methoxy groups -OCH3 is 1. The number of nitrogens with zero attached hydrogens (tertiary/aromatic N) is 1. The standard InChI is InChI=1S/C29H35N3O5S/c1-28-14-15-29(38-28)23(22(28)25(34)30-18-19-8-4-3-5-9-19)27(36)32(16-6-7-17-33)24(29)26(35)31-20-10-12-21(37-2)13-11-20/h3-5,8-13,22-24,33H,6-7,14-18H2,1-2H3,(H,30,34)(H,31,35)/t22-,23+,24?,28+,29?/m1/s1. The van der Waals surface area contributed by atoms with Gasteiger partial charge in [-0.2, -0.15) is 0 Å². The molecule has 3 amide bonds. The minimum absolute atomic E-state index is 0.0245. The molecule has 2 unspecified atom stereocenters. The zero-order chi connectivity index (χ0) is 26.9. The lowest BCUT2D eigenvalue weighted by atomic mass is 9.66. The molecule has 3 fully saturated rings. The van der Waals surface area contributed by atoms with Crippen LogP contribution in [-0.4, -0.2) is 63.5 Å². The summed E-state index contributed by atoms with van der Waals surface area (Å²) in [5, 5.41) is 15.4. The first-order valence-electron chi connectivity index (χ1n) is 13.2. The molecular formula is C29H35N3O5S. The minimum atomic E-state index is -0.695. The molecule has 5 atom stereocenters. The first kappa shape index (κ1) is 26.6. The Balaban J connectivity index is 1.43. The summed E-state index contributed by atoms with van der Waals surface area (Å²) in [4.78, 5) is 43.2. The third-order valence-electron chi connectivity index (χ3n) is 8.28. The number of likely N-dealkylation sites (tertiary alicyclic amines) is 1. The lowest BCUT2D eigenvalue weighted by molar-refractivity contribution is -0.140. The van der Waals surface area contributed by atoms with Gasteiger partial charge in [0.15, 0.2) is 0 Å². The number of amides is 3. The van der Waals surface area contributed by atoms with E-state index in [1.54, 1.807) is 48.0 Å². The molecule has 0 saturated carbocycles. The Morgan fingerprint density at radius 3 is 2.50 bits per heavy atom. The topological polar surface area (TPSA) is 108 Å². The fourth-order valence-electron chi connectivity index (χ4n) is 6.54. The monoisotopic (exact) mass is 537 g/mol.